The van der Waals surface area contributed by atoms with Gasteiger partial charge in [0.25, 0.3) is 0 Å². The Labute approximate surface area is 92.9 Å². The molecule has 0 saturated carbocycles. The first-order chi connectivity index (χ1) is 7.65. The molecule has 0 saturated heterocycles. The van der Waals surface area contributed by atoms with Gasteiger partial charge in [-0.2, -0.15) is 5.10 Å². The maximum atomic E-state index is 10.0. The molecule has 16 heavy (non-hydrogen) atoms. The van der Waals surface area contributed by atoms with Crippen LogP contribution in [0.5, 0.6) is 11.5 Å². The van der Waals surface area contributed by atoms with Crippen molar-refractivity contribution in [3.05, 3.63) is 23.9 Å². The Balaban J connectivity index is 2.63. The van der Waals surface area contributed by atoms with Gasteiger partial charge >= 0.3 is 0 Å². The first-order valence-corrected chi connectivity index (χ1v) is 4.81. The van der Waals surface area contributed by atoms with E-state index in [1.807, 2.05) is 13.0 Å². The highest BCUT2D eigenvalue weighted by Gasteiger charge is 2.15. The van der Waals surface area contributed by atoms with E-state index in [4.69, 9.17) is 10.5 Å². The molecule has 0 unspecified atom stereocenters. The molecular formula is C11H13N3O2. The van der Waals surface area contributed by atoms with Crippen LogP contribution in [0.1, 0.15) is 5.56 Å². The van der Waals surface area contributed by atoms with Gasteiger partial charge in [-0.25, -0.2) is 0 Å². The molecule has 1 aromatic heterocycles. The van der Waals surface area contributed by atoms with Gasteiger partial charge in [-0.1, -0.05) is 6.07 Å². The average Bonchev–Trinajstić information content (AvgIpc) is 2.66. The molecular weight excluding hydrogens is 206 g/mol. The highest BCUT2D eigenvalue weighted by Crippen LogP contribution is 2.40. The van der Waals surface area contributed by atoms with Crippen LogP contribution < -0.4 is 10.5 Å². The van der Waals surface area contributed by atoms with Gasteiger partial charge in [0.1, 0.15) is 5.82 Å². The summed E-state index contributed by atoms with van der Waals surface area (Å²) in [5, 5.41) is 16.5. The number of benzene rings is 1. The van der Waals surface area contributed by atoms with Crippen molar-refractivity contribution in [2.75, 3.05) is 12.8 Å². The Bertz CT molecular complexity index is 520. The van der Waals surface area contributed by atoms with E-state index in [1.54, 1.807) is 12.3 Å². The van der Waals surface area contributed by atoms with E-state index in [1.165, 1.54) is 7.11 Å². The monoisotopic (exact) mass is 219 g/mol. The number of nitrogens with two attached hydrogens (primary N) is 1. The third-order valence-electron chi connectivity index (χ3n) is 2.49. The van der Waals surface area contributed by atoms with E-state index >= 15 is 0 Å². The Morgan fingerprint density at radius 1 is 1.38 bits per heavy atom. The van der Waals surface area contributed by atoms with Crippen molar-refractivity contribution in [1.82, 2.24) is 10.2 Å². The van der Waals surface area contributed by atoms with Crippen molar-refractivity contribution in [3.8, 4) is 22.6 Å². The predicted molar refractivity (Wildman–Crippen MR) is 61.4 cm³/mol. The fourth-order valence-corrected chi connectivity index (χ4v) is 1.66. The molecule has 0 spiro atoms. The fraction of sp³-hybridized carbons (Fsp3) is 0.182. The van der Waals surface area contributed by atoms with E-state index in [0.717, 1.165) is 5.56 Å². The number of ether oxygens (including phenoxy) is 1. The van der Waals surface area contributed by atoms with Gasteiger partial charge in [-0.15, -0.1) is 0 Å². The highest BCUT2D eigenvalue weighted by atomic mass is 16.5. The first-order valence-electron chi connectivity index (χ1n) is 4.81. The third-order valence-corrected chi connectivity index (χ3v) is 2.49. The smallest absolute Gasteiger partial charge is 0.166 e. The van der Waals surface area contributed by atoms with Crippen LogP contribution in [0.15, 0.2) is 18.3 Å². The fourth-order valence-electron chi connectivity index (χ4n) is 1.66. The van der Waals surface area contributed by atoms with Crippen molar-refractivity contribution in [3.63, 3.8) is 0 Å². The molecule has 0 aliphatic carbocycles. The summed E-state index contributed by atoms with van der Waals surface area (Å²) in [6, 6.07) is 3.65. The van der Waals surface area contributed by atoms with Crippen LogP contribution in [0.2, 0.25) is 0 Å². The number of aromatic amines is 1. The number of hydrogen-bond donors (Lipinski definition) is 3. The van der Waals surface area contributed by atoms with Gasteiger partial charge in [-0.05, 0) is 18.6 Å². The zero-order valence-electron chi connectivity index (χ0n) is 9.11. The lowest BCUT2D eigenvalue weighted by Gasteiger charge is -2.10. The molecule has 4 N–H and O–H groups in total. The predicted octanol–water partition coefficient (Wildman–Crippen LogP) is 1.68. The Kier molecular flexibility index (Phi) is 2.44. The summed E-state index contributed by atoms with van der Waals surface area (Å²) in [5.74, 6) is 0.954. The summed E-state index contributed by atoms with van der Waals surface area (Å²) in [6.45, 7) is 1.86. The molecule has 2 rings (SSSR count). The second kappa shape index (κ2) is 3.77. The van der Waals surface area contributed by atoms with E-state index in [0.29, 0.717) is 22.7 Å². The molecule has 84 valence electrons. The molecule has 0 bridgehead atoms. The Hall–Kier alpha value is -2.17. The van der Waals surface area contributed by atoms with Crippen LogP contribution in [0, 0.1) is 6.92 Å². The van der Waals surface area contributed by atoms with Crippen LogP contribution >= 0.6 is 0 Å². The molecule has 5 heteroatoms. The topological polar surface area (TPSA) is 84.2 Å². The van der Waals surface area contributed by atoms with Crippen LogP contribution in [-0.2, 0) is 0 Å². The highest BCUT2D eigenvalue weighted by molar-refractivity contribution is 5.80. The zero-order valence-corrected chi connectivity index (χ0v) is 9.11. The minimum atomic E-state index is 0.0793. The SMILES string of the molecule is COc1c(C)ccc(-c2cn[nH]c2N)c1O. The third kappa shape index (κ3) is 1.46. The van der Waals surface area contributed by atoms with Gasteiger partial charge < -0.3 is 15.6 Å². The number of aromatic nitrogens is 2. The molecule has 0 aliphatic heterocycles. The number of phenols is 1. The number of aryl methyl sites for hydroxylation is 1. The maximum Gasteiger partial charge on any atom is 0.166 e. The molecule has 0 atom stereocenters. The number of methoxy groups -OCH3 is 1. The minimum absolute atomic E-state index is 0.0793. The molecule has 1 heterocycles. The number of aromatic hydroxyl groups is 1. The summed E-state index contributed by atoms with van der Waals surface area (Å²) in [5.41, 5.74) is 7.84. The number of phenolic OH excluding ortho intramolecular Hbond substituents is 1. The first kappa shape index (κ1) is 10.4. The molecule has 0 fully saturated rings. The average molecular weight is 219 g/mol. The number of hydrogen-bond acceptors (Lipinski definition) is 4. The van der Waals surface area contributed by atoms with Crippen LogP contribution in [0.25, 0.3) is 11.1 Å². The maximum absolute atomic E-state index is 10.0. The van der Waals surface area contributed by atoms with Crippen LogP contribution in [0.3, 0.4) is 0 Å². The molecule has 0 radical (unpaired) electrons. The second-order valence-corrected chi connectivity index (χ2v) is 3.51. The lowest BCUT2D eigenvalue weighted by molar-refractivity contribution is 0.372. The van der Waals surface area contributed by atoms with Gasteiger partial charge in [0.15, 0.2) is 11.5 Å². The molecule has 1 aromatic carbocycles. The van der Waals surface area contributed by atoms with E-state index < -0.39 is 0 Å². The number of H-pyrrole nitrogens is 1. The van der Waals surface area contributed by atoms with Crippen molar-refractivity contribution in [1.29, 1.82) is 0 Å². The molecule has 2 aromatic rings. The number of nitrogens with one attached hydrogen (secondary N) is 1. The number of rotatable bonds is 2. The van der Waals surface area contributed by atoms with Gasteiger partial charge in [0.05, 0.1) is 13.3 Å². The Morgan fingerprint density at radius 2 is 2.12 bits per heavy atom. The quantitative estimate of drug-likeness (QED) is 0.717. The molecule has 5 nitrogen and oxygen atoms in total. The van der Waals surface area contributed by atoms with Gasteiger partial charge in [0.2, 0.25) is 0 Å². The van der Waals surface area contributed by atoms with Crippen LogP contribution in [0.4, 0.5) is 5.82 Å². The van der Waals surface area contributed by atoms with Gasteiger partial charge in [0, 0.05) is 11.1 Å². The summed E-state index contributed by atoms with van der Waals surface area (Å²) >= 11 is 0. The van der Waals surface area contributed by atoms with Crippen molar-refractivity contribution in [2.45, 2.75) is 6.92 Å². The normalized spacial score (nSPS) is 10.4. The van der Waals surface area contributed by atoms with E-state index in [-0.39, 0.29) is 5.75 Å². The lowest BCUT2D eigenvalue weighted by Crippen LogP contribution is -1.92. The minimum Gasteiger partial charge on any atom is -0.504 e. The summed E-state index contributed by atoms with van der Waals surface area (Å²) in [4.78, 5) is 0. The number of nitrogen functional groups attached to an aromatic ring is 1. The van der Waals surface area contributed by atoms with E-state index in [2.05, 4.69) is 10.2 Å². The zero-order chi connectivity index (χ0) is 11.7. The Morgan fingerprint density at radius 3 is 2.69 bits per heavy atom. The molecule has 0 amide bonds. The summed E-state index contributed by atoms with van der Waals surface area (Å²) < 4.78 is 5.13. The summed E-state index contributed by atoms with van der Waals surface area (Å²) in [7, 11) is 1.52. The van der Waals surface area contributed by atoms with Crippen molar-refractivity contribution >= 4 is 5.82 Å². The number of anilines is 1. The number of nitrogens with zero attached hydrogens (tertiary/aromatic N) is 1. The summed E-state index contributed by atoms with van der Waals surface area (Å²) in [6.07, 6.45) is 1.57. The molecule has 0 aliphatic rings. The lowest BCUT2D eigenvalue weighted by atomic mass is 10.0. The van der Waals surface area contributed by atoms with Crippen molar-refractivity contribution in [2.24, 2.45) is 0 Å². The largest absolute Gasteiger partial charge is 0.504 e. The van der Waals surface area contributed by atoms with Crippen LogP contribution in [-0.4, -0.2) is 22.4 Å². The standard InChI is InChI=1S/C11H13N3O2/c1-6-3-4-7(9(15)10(6)16-2)8-5-13-14-11(8)12/h3-5,15H,1-2H3,(H3,12,13,14). The second-order valence-electron chi connectivity index (χ2n) is 3.51. The van der Waals surface area contributed by atoms with E-state index in [9.17, 15) is 5.11 Å². The van der Waals surface area contributed by atoms with Gasteiger partial charge in [-0.3, -0.25) is 5.10 Å². The van der Waals surface area contributed by atoms with Crippen molar-refractivity contribution < 1.29 is 9.84 Å².